The van der Waals surface area contributed by atoms with Gasteiger partial charge in [0.15, 0.2) is 12.2 Å². The van der Waals surface area contributed by atoms with Crippen LogP contribution in [0.3, 0.4) is 0 Å². The van der Waals surface area contributed by atoms with E-state index in [1.165, 1.54) is 161 Å². The van der Waals surface area contributed by atoms with Crippen molar-refractivity contribution in [2.45, 2.75) is 375 Å². The average molecular weight is 1330 g/mol. The van der Waals surface area contributed by atoms with Crippen molar-refractivity contribution in [3.05, 3.63) is 0 Å². The summed E-state index contributed by atoms with van der Waals surface area (Å²) in [7, 11) is -9.90. The topological polar surface area (TPSA) is 237 Å². The molecular weight excluding hydrogens is 1190 g/mol. The molecule has 5 atom stereocenters. The summed E-state index contributed by atoms with van der Waals surface area (Å²) in [6.07, 6.45) is 45.8. The summed E-state index contributed by atoms with van der Waals surface area (Å²) in [6, 6.07) is 0. The van der Waals surface area contributed by atoms with Gasteiger partial charge in [-0.25, -0.2) is 9.13 Å². The Kier molecular flexibility index (Phi) is 60.6. The largest absolute Gasteiger partial charge is 0.472 e. The van der Waals surface area contributed by atoms with Crippen molar-refractivity contribution >= 4 is 39.5 Å². The predicted octanol–water partition coefficient (Wildman–Crippen LogP) is 20.2. The molecule has 0 aromatic carbocycles. The van der Waals surface area contributed by atoms with Crippen LogP contribution in [0.25, 0.3) is 0 Å². The monoisotopic (exact) mass is 1320 g/mol. The Morgan fingerprint density at radius 2 is 0.511 bits per heavy atom. The van der Waals surface area contributed by atoms with Crippen LogP contribution in [0.15, 0.2) is 0 Å². The smallest absolute Gasteiger partial charge is 0.462 e. The van der Waals surface area contributed by atoms with Gasteiger partial charge in [-0.15, -0.1) is 0 Å². The number of rotatable bonds is 69. The molecule has 0 radical (unpaired) electrons. The van der Waals surface area contributed by atoms with E-state index in [1.807, 2.05) is 0 Å². The number of ether oxygens (including phenoxy) is 4. The zero-order valence-electron chi connectivity index (χ0n) is 58.6. The first-order valence-corrected chi connectivity index (χ1v) is 39.8. The third kappa shape index (κ3) is 64.8. The van der Waals surface area contributed by atoms with E-state index >= 15 is 0 Å². The Morgan fingerprint density at radius 1 is 0.300 bits per heavy atom. The van der Waals surface area contributed by atoms with Crippen molar-refractivity contribution < 1.29 is 80.2 Å². The number of hydrogen-bond donors (Lipinski definition) is 3. The maximum Gasteiger partial charge on any atom is 0.472 e. The molecule has 90 heavy (non-hydrogen) atoms. The second kappa shape index (κ2) is 61.9. The Labute approximate surface area is 549 Å². The molecule has 534 valence electrons. The number of unbranched alkanes of at least 4 members (excludes halogenated alkanes) is 37. The molecule has 0 aliphatic rings. The molecule has 0 bridgehead atoms. The van der Waals surface area contributed by atoms with Crippen LogP contribution in [0.2, 0.25) is 0 Å². The Hall–Kier alpha value is -1.94. The first kappa shape index (κ1) is 88.1. The number of aliphatic hydroxyl groups is 1. The standard InChI is InChI=1S/C71H138O17P2/c1-8-9-10-11-12-13-14-15-16-17-25-32-40-47-54-70(75)87-66(58-81-68(73)52-45-38-31-24-20-18-22-28-35-42-49-62(2)3)60-85-89(77,78)83-56-65(72)57-84-90(79,80)86-61-67(59-82-69(74)53-46-39-34-27-30-37-44-51-64(6)7)88-71(76)55-48-41-33-26-21-19-23-29-36-43-50-63(4)5/h62-67,72H,8-61H2,1-7H3,(H,77,78)(H,79,80)/t65-,66-,67-/m1/s1. The predicted molar refractivity (Wildman–Crippen MR) is 363 cm³/mol. The van der Waals surface area contributed by atoms with Crippen LogP contribution in [0.5, 0.6) is 0 Å². The van der Waals surface area contributed by atoms with Crippen LogP contribution in [0.1, 0.15) is 357 Å². The lowest BCUT2D eigenvalue weighted by molar-refractivity contribution is -0.161. The number of esters is 4. The fraction of sp³-hybridized carbons (Fsp3) is 0.944. The molecule has 0 aromatic rings. The molecule has 17 nitrogen and oxygen atoms in total. The van der Waals surface area contributed by atoms with Crippen LogP contribution in [-0.4, -0.2) is 96.7 Å². The van der Waals surface area contributed by atoms with Gasteiger partial charge in [-0.2, -0.15) is 0 Å². The first-order valence-electron chi connectivity index (χ1n) is 36.8. The summed E-state index contributed by atoms with van der Waals surface area (Å²) < 4.78 is 68.3. The molecule has 2 unspecified atom stereocenters. The van der Waals surface area contributed by atoms with Crippen molar-refractivity contribution in [2.75, 3.05) is 39.6 Å². The molecule has 0 saturated heterocycles. The highest BCUT2D eigenvalue weighted by Gasteiger charge is 2.30. The van der Waals surface area contributed by atoms with Crippen LogP contribution >= 0.6 is 15.6 Å². The third-order valence-corrected chi connectivity index (χ3v) is 18.3. The molecule has 0 rings (SSSR count). The molecule has 0 spiro atoms. The summed E-state index contributed by atoms with van der Waals surface area (Å²) >= 11 is 0. The van der Waals surface area contributed by atoms with Crippen LogP contribution in [0, 0.1) is 17.8 Å². The van der Waals surface area contributed by atoms with Crippen molar-refractivity contribution in [2.24, 2.45) is 17.8 Å². The number of phosphoric ester groups is 2. The van der Waals surface area contributed by atoms with Gasteiger partial charge in [0.25, 0.3) is 0 Å². The van der Waals surface area contributed by atoms with Gasteiger partial charge in [0.05, 0.1) is 26.4 Å². The average Bonchev–Trinajstić information content (AvgIpc) is 3.71. The highest BCUT2D eigenvalue weighted by atomic mass is 31.2. The lowest BCUT2D eigenvalue weighted by atomic mass is 10.0. The fourth-order valence-electron chi connectivity index (χ4n) is 10.7. The normalized spacial score (nSPS) is 14.2. The van der Waals surface area contributed by atoms with E-state index < -0.39 is 97.5 Å². The van der Waals surface area contributed by atoms with Crippen molar-refractivity contribution in [3.63, 3.8) is 0 Å². The molecule has 0 amide bonds. The highest BCUT2D eigenvalue weighted by molar-refractivity contribution is 7.47. The van der Waals surface area contributed by atoms with E-state index in [2.05, 4.69) is 48.5 Å². The van der Waals surface area contributed by atoms with Gasteiger partial charge in [-0.3, -0.25) is 37.3 Å². The van der Waals surface area contributed by atoms with Crippen molar-refractivity contribution in [1.29, 1.82) is 0 Å². The summed E-state index contributed by atoms with van der Waals surface area (Å²) in [5.74, 6) is 0.0912. The molecule has 0 fully saturated rings. The summed E-state index contributed by atoms with van der Waals surface area (Å²) in [6.45, 7) is 11.8. The SMILES string of the molecule is CCCCCCCCCCCCCCCCC(=O)O[C@H](COC(=O)CCCCCCCCCCCCC(C)C)COP(=O)(O)OC[C@@H](O)COP(=O)(O)OC[C@@H](COC(=O)CCCCCCCCCC(C)C)OC(=O)CCCCCCCCCCCCC(C)C. The van der Waals surface area contributed by atoms with Crippen molar-refractivity contribution in [3.8, 4) is 0 Å². The lowest BCUT2D eigenvalue weighted by Crippen LogP contribution is -2.30. The van der Waals surface area contributed by atoms with Crippen molar-refractivity contribution in [1.82, 2.24) is 0 Å². The van der Waals surface area contributed by atoms with Gasteiger partial charge < -0.3 is 33.8 Å². The van der Waals surface area contributed by atoms with Gasteiger partial charge in [-0.05, 0) is 43.4 Å². The van der Waals surface area contributed by atoms with Gasteiger partial charge in [0.1, 0.15) is 19.3 Å². The zero-order chi connectivity index (χ0) is 66.6. The second-order valence-corrected chi connectivity index (χ2v) is 30.0. The number of hydrogen-bond acceptors (Lipinski definition) is 15. The van der Waals surface area contributed by atoms with Crippen LogP contribution in [0.4, 0.5) is 0 Å². The minimum Gasteiger partial charge on any atom is -0.462 e. The molecular formula is C71H138O17P2. The van der Waals surface area contributed by atoms with Gasteiger partial charge in [0.2, 0.25) is 0 Å². The first-order chi connectivity index (χ1) is 43.2. The van der Waals surface area contributed by atoms with Gasteiger partial charge in [-0.1, -0.05) is 305 Å². The quantitative estimate of drug-likeness (QED) is 0.0222. The zero-order valence-corrected chi connectivity index (χ0v) is 60.4. The number of phosphoric acid groups is 2. The fourth-order valence-corrected chi connectivity index (χ4v) is 12.3. The maximum atomic E-state index is 13.0. The Balaban J connectivity index is 5.26. The summed E-state index contributed by atoms with van der Waals surface area (Å²) in [4.78, 5) is 72.6. The van der Waals surface area contributed by atoms with E-state index in [1.54, 1.807) is 0 Å². The molecule has 0 aromatic heterocycles. The molecule has 0 saturated carbocycles. The highest BCUT2D eigenvalue weighted by Crippen LogP contribution is 2.45. The summed E-state index contributed by atoms with van der Waals surface area (Å²) in [5, 5.41) is 10.6. The number of aliphatic hydroxyl groups excluding tert-OH is 1. The van der Waals surface area contributed by atoms with E-state index in [0.717, 1.165) is 108 Å². The number of carbonyl (C=O) groups excluding carboxylic acids is 4. The minimum absolute atomic E-state index is 0.105. The van der Waals surface area contributed by atoms with E-state index in [4.69, 9.17) is 37.0 Å². The van der Waals surface area contributed by atoms with Crippen LogP contribution in [-0.2, 0) is 65.4 Å². The number of carbonyl (C=O) groups is 4. The maximum absolute atomic E-state index is 13.0. The van der Waals surface area contributed by atoms with Crippen LogP contribution < -0.4 is 0 Å². The molecule has 19 heteroatoms. The molecule has 3 N–H and O–H groups in total. The lowest BCUT2D eigenvalue weighted by Gasteiger charge is -2.21. The minimum atomic E-state index is -4.95. The third-order valence-electron chi connectivity index (χ3n) is 16.4. The Morgan fingerprint density at radius 3 is 0.756 bits per heavy atom. The molecule has 0 aliphatic carbocycles. The van der Waals surface area contributed by atoms with E-state index in [-0.39, 0.29) is 25.7 Å². The van der Waals surface area contributed by atoms with E-state index in [0.29, 0.717) is 31.6 Å². The van der Waals surface area contributed by atoms with Gasteiger partial charge in [0, 0.05) is 25.7 Å². The Bertz CT molecular complexity index is 1770. The summed E-state index contributed by atoms with van der Waals surface area (Å²) in [5.41, 5.74) is 0. The second-order valence-electron chi connectivity index (χ2n) is 27.1. The van der Waals surface area contributed by atoms with Gasteiger partial charge >= 0.3 is 39.5 Å². The molecule has 0 heterocycles. The van der Waals surface area contributed by atoms with E-state index in [9.17, 15) is 43.2 Å². The molecule has 0 aliphatic heterocycles.